The van der Waals surface area contributed by atoms with Crippen molar-refractivity contribution in [1.29, 1.82) is 0 Å². The highest BCUT2D eigenvalue weighted by Crippen LogP contribution is 2.11. The third-order valence-corrected chi connectivity index (χ3v) is 2.39. The van der Waals surface area contributed by atoms with Crippen LogP contribution in [0.1, 0.15) is 44.9 Å². The Morgan fingerprint density at radius 2 is 2.25 bits per heavy atom. The normalized spacial score (nSPS) is 12.9. The van der Waals surface area contributed by atoms with Gasteiger partial charge in [0, 0.05) is 6.61 Å². The summed E-state index contributed by atoms with van der Waals surface area (Å²) in [6, 6.07) is 0. The van der Waals surface area contributed by atoms with E-state index in [1.807, 2.05) is 6.92 Å². The van der Waals surface area contributed by atoms with Crippen LogP contribution in [-0.2, 0) is 11.3 Å². The molecule has 0 aliphatic rings. The first kappa shape index (κ1) is 13.1. The molecule has 92 valence electrons. The van der Waals surface area contributed by atoms with Gasteiger partial charge >= 0.3 is 0 Å². The first-order chi connectivity index (χ1) is 7.77. The molecular formula is C11H21N3O2. The standard InChI is InChI=1S/C11H21N3O2/c1-3-5-7-16-8-6-14-9-10(12-13-14)11(15)4-2/h9,11,15H,3-8H2,1-2H3. The maximum absolute atomic E-state index is 9.54. The van der Waals surface area contributed by atoms with E-state index in [4.69, 9.17) is 4.74 Å². The second-order valence-electron chi connectivity index (χ2n) is 3.80. The molecular weight excluding hydrogens is 206 g/mol. The van der Waals surface area contributed by atoms with Gasteiger partial charge in [-0.2, -0.15) is 0 Å². The highest BCUT2D eigenvalue weighted by atomic mass is 16.5. The lowest BCUT2D eigenvalue weighted by Crippen LogP contribution is -2.07. The smallest absolute Gasteiger partial charge is 0.111 e. The predicted octanol–water partition coefficient (Wildman–Crippen LogP) is 1.54. The Morgan fingerprint density at radius 1 is 1.44 bits per heavy atom. The number of hydrogen-bond donors (Lipinski definition) is 1. The molecule has 0 spiro atoms. The van der Waals surface area contributed by atoms with Gasteiger partial charge in [-0.25, -0.2) is 4.68 Å². The number of aromatic nitrogens is 3. The minimum Gasteiger partial charge on any atom is -0.387 e. The number of ether oxygens (including phenoxy) is 1. The maximum atomic E-state index is 9.54. The molecule has 5 heteroatoms. The molecule has 0 bridgehead atoms. The Kier molecular flexibility index (Phi) is 6.03. The van der Waals surface area contributed by atoms with Gasteiger partial charge in [0.2, 0.25) is 0 Å². The van der Waals surface area contributed by atoms with Crippen LogP contribution in [0, 0.1) is 0 Å². The molecule has 0 radical (unpaired) electrons. The zero-order valence-corrected chi connectivity index (χ0v) is 10.1. The molecule has 0 aliphatic carbocycles. The third kappa shape index (κ3) is 4.28. The summed E-state index contributed by atoms with van der Waals surface area (Å²) < 4.78 is 7.13. The lowest BCUT2D eigenvalue weighted by Gasteiger charge is -2.03. The summed E-state index contributed by atoms with van der Waals surface area (Å²) in [7, 11) is 0. The van der Waals surface area contributed by atoms with Crippen LogP contribution < -0.4 is 0 Å². The summed E-state index contributed by atoms with van der Waals surface area (Å²) in [6.07, 6.45) is 4.17. The van der Waals surface area contributed by atoms with Gasteiger partial charge in [-0.05, 0) is 12.8 Å². The quantitative estimate of drug-likeness (QED) is 0.684. The minimum atomic E-state index is -0.505. The van der Waals surface area contributed by atoms with E-state index in [0.29, 0.717) is 25.3 Å². The summed E-state index contributed by atoms with van der Waals surface area (Å²) >= 11 is 0. The molecule has 5 nitrogen and oxygen atoms in total. The van der Waals surface area contributed by atoms with E-state index in [1.54, 1.807) is 10.9 Å². The van der Waals surface area contributed by atoms with E-state index in [2.05, 4.69) is 17.2 Å². The molecule has 0 fully saturated rings. The molecule has 1 aromatic heterocycles. The molecule has 1 N–H and O–H groups in total. The first-order valence-corrected chi connectivity index (χ1v) is 5.93. The van der Waals surface area contributed by atoms with Gasteiger partial charge in [0.1, 0.15) is 5.69 Å². The molecule has 0 aliphatic heterocycles. The lowest BCUT2D eigenvalue weighted by atomic mass is 10.2. The fraction of sp³-hybridized carbons (Fsp3) is 0.818. The van der Waals surface area contributed by atoms with Crippen LogP contribution in [0.2, 0.25) is 0 Å². The molecule has 1 unspecified atom stereocenters. The second kappa shape index (κ2) is 7.35. The van der Waals surface area contributed by atoms with E-state index >= 15 is 0 Å². The van der Waals surface area contributed by atoms with Crippen molar-refractivity contribution in [2.75, 3.05) is 13.2 Å². The number of nitrogens with zero attached hydrogens (tertiary/aromatic N) is 3. The summed E-state index contributed by atoms with van der Waals surface area (Å²) in [5, 5.41) is 17.4. The molecule has 1 heterocycles. The second-order valence-corrected chi connectivity index (χ2v) is 3.80. The molecule has 0 amide bonds. The molecule has 0 saturated carbocycles. The summed E-state index contributed by atoms with van der Waals surface area (Å²) in [5.41, 5.74) is 0.635. The van der Waals surface area contributed by atoms with Gasteiger partial charge in [0.05, 0.1) is 25.5 Å². The topological polar surface area (TPSA) is 60.2 Å². The van der Waals surface area contributed by atoms with Gasteiger partial charge in [-0.15, -0.1) is 5.10 Å². The molecule has 0 aromatic carbocycles. The zero-order chi connectivity index (χ0) is 11.8. The van der Waals surface area contributed by atoms with Crippen molar-refractivity contribution in [3.8, 4) is 0 Å². The predicted molar refractivity (Wildman–Crippen MR) is 61.0 cm³/mol. The van der Waals surface area contributed by atoms with Crippen molar-refractivity contribution in [3.05, 3.63) is 11.9 Å². The lowest BCUT2D eigenvalue weighted by molar-refractivity contribution is 0.120. The van der Waals surface area contributed by atoms with Crippen molar-refractivity contribution in [2.24, 2.45) is 0 Å². The average molecular weight is 227 g/mol. The molecule has 1 atom stereocenters. The summed E-state index contributed by atoms with van der Waals surface area (Å²) in [6.45, 7) is 6.19. The Labute approximate surface area is 96.4 Å². The van der Waals surface area contributed by atoms with Crippen molar-refractivity contribution in [3.63, 3.8) is 0 Å². The number of unbranched alkanes of at least 4 members (excludes halogenated alkanes) is 1. The molecule has 0 saturated heterocycles. The average Bonchev–Trinajstić information content (AvgIpc) is 2.76. The zero-order valence-electron chi connectivity index (χ0n) is 10.1. The van der Waals surface area contributed by atoms with E-state index in [0.717, 1.165) is 19.4 Å². The number of rotatable bonds is 8. The summed E-state index contributed by atoms with van der Waals surface area (Å²) in [4.78, 5) is 0. The maximum Gasteiger partial charge on any atom is 0.111 e. The van der Waals surface area contributed by atoms with Gasteiger partial charge < -0.3 is 9.84 Å². The number of hydrogen-bond acceptors (Lipinski definition) is 4. The van der Waals surface area contributed by atoms with Crippen LogP contribution in [0.3, 0.4) is 0 Å². The highest BCUT2D eigenvalue weighted by molar-refractivity contribution is 4.96. The fourth-order valence-corrected chi connectivity index (χ4v) is 1.29. The molecule has 1 aromatic rings. The molecule has 1 rings (SSSR count). The largest absolute Gasteiger partial charge is 0.387 e. The third-order valence-electron chi connectivity index (χ3n) is 2.39. The van der Waals surface area contributed by atoms with Crippen LogP contribution in [0.25, 0.3) is 0 Å². The van der Waals surface area contributed by atoms with E-state index in [1.165, 1.54) is 0 Å². The minimum absolute atomic E-state index is 0.505. The van der Waals surface area contributed by atoms with Crippen molar-refractivity contribution < 1.29 is 9.84 Å². The van der Waals surface area contributed by atoms with Crippen LogP contribution in [-0.4, -0.2) is 33.3 Å². The summed E-state index contributed by atoms with van der Waals surface area (Å²) in [5.74, 6) is 0. The van der Waals surface area contributed by atoms with Crippen LogP contribution in [0.15, 0.2) is 6.20 Å². The van der Waals surface area contributed by atoms with Crippen molar-refractivity contribution in [2.45, 2.75) is 45.8 Å². The Hall–Kier alpha value is -0.940. The van der Waals surface area contributed by atoms with Crippen molar-refractivity contribution in [1.82, 2.24) is 15.0 Å². The molecule has 16 heavy (non-hydrogen) atoms. The van der Waals surface area contributed by atoms with E-state index in [-0.39, 0.29) is 0 Å². The van der Waals surface area contributed by atoms with Gasteiger partial charge in [-0.1, -0.05) is 25.5 Å². The van der Waals surface area contributed by atoms with Gasteiger partial charge in [0.15, 0.2) is 0 Å². The highest BCUT2D eigenvalue weighted by Gasteiger charge is 2.08. The van der Waals surface area contributed by atoms with Gasteiger partial charge in [0.25, 0.3) is 0 Å². The van der Waals surface area contributed by atoms with Gasteiger partial charge in [-0.3, -0.25) is 0 Å². The van der Waals surface area contributed by atoms with Crippen LogP contribution >= 0.6 is 0 Å². The number of aliphatic hydroxyl groups is 1. The SMILES string of the molecule is CCCCOCCn1cc(C(O)CC)nn1. The van der Waals surface area contributed by atoms with E-state index < -0.39 is 6.10 Å². The Bertz CT molecular complexity index is 289. The monoisotopic (exact) mass is 227 g/mol. The van der Waals surface area contributed by atoms with Crippen LogP contribution in [0.4, 0.5) is 0 Å². The Morgan fingerprint density at radius 3 is 2.94 bits per heavy atom. The first-order valence-electron chi connectivity index (χ1n) is 5.93. The Balaban J connectivity index is 2.24. The van der Waals surface area contributed by atoms with E-state index in [9.17, 15) is 5.11 Å². The fourth-order valence-electron chi connectivity index (χ4n) is 1.29. The number of aliphatic hydroxyl groups excluding tert-OH is 1. The van der Waals surface area contributed by atoms with Crippen molar-refractivity contribution >= 4 is 0 Å². The van der Waals surface area contributed by atoms with Crippen LogP contribution in [0.5, 0.6) is 0 Å².